The highest BCUT2D eigenvalue weighted by Crippen LogP contribution is 2.27. The van der Waals surface area contributed by atoms with Gasteiger partial charge in [0.05, 0.1) is 31.2 Å². The first-order valence-corrected chi connectivity index (χ1v) is 12.0. The van der Waals surface area contributed by atoms with Gasteiger partial charge in [0.1, 0.15) is 5.75 Å². The zero-order chi connectivity index (χ0) is 25.5. The van der Waals surface area contributed by atoms with Gasteiger partial charge in [-0.15, -0.1) is 0 Å². The summed E-state index contributed by atoms with van der Waals surface area (Å²) >= 11 is 0. The Morgan fingerprint density at radius 1 is 1.11 bits per heavy atom. The molecule has 2 aromatic carbocycles. The quantitative estimate of drug-likeness (QED) is 0.274. The van der Waals surface area contributed by atoms with Gasteiger partial charge in [0.2, 0.25) is 0 Å². The Morgan fingerprint density at radius 3 is 2.64 bits per heavy atom. The normalized spacial score (nSPS) is 11.1. The van der Waals surface area contributed by atoms with Crippen molar-refractivity contribution in [1.29, 1.82) is 0 Å². The summed E-state index contributed by atoms with van der Waals surface area (Å²) < 4.78 is 13.0. The number of nitrogens with zero attached hydrogens (tertiary/aromatic N) is 3. The number of ether oxygens (including phenoxy) is 2. The highest BCUT2D eigenvalue weighted by Gasteiger charge is 2.13. The number of rotatable bonds is 11. The first kappa shape index (κ1) is 25.2. The van der Waals surface area contributed by atoms with Crippen LogP contribution in [0.5, 0.6) is 5.75 Å². The molecule has 0 aliphatic heterocycles. The van der Waals surface area contributed by atoms with Crippen LogP contribution < -0.4 is 21.1 Å². The molecule has 9 nitrogen and oxygen atoms in total. The van der Waals surface area contributed by atoms with Crippen molar-refractivity contribution in [3.63, 3.8) is 0 Å². The van der Waals surface area contributed by atoms with E-state index in [0.717, 1.165) is 28.3 Å². The van der Waals surface area contributed by atoms with Crippen LogP contribution in [0.1, 0.15) is 29.8 Å². The molecule has 4 aromatic rings. The number of carbonyl (C=O) groups is 1. The van der Waals surface area contributed by atoms with Crippen LogP contribution in [0.15, 0.2) is 61.1 Å². The van der Waals surface area contributed by atoms with E-state index in [-0.39, 0.29) is 12.0 Å². The summed E-state index contributed by atoms with van der Waals surface area (Å²) in [7, 11) is 0. The Balaban J connectivity index is 1.48. The van der Waals surface area contributed by atoms with E-state index < -0.39 is 0 Å². The second-order valence-corrected chi connectivity index (χ2v) is 8.62. The molecule has 1 amide bonds. The predicted molar refractivity (Wildman–Crippen MR) is 141 cm³/mol. The van der Waals surface area contributed by atoms with Gasteiger partial charge in [-0.3, -0.25) is 9.20 Å². The van der Waals surface area contributed by atoms with Crippen molar-refractivity contribution in [2.75, 3.05) is 31.6 Å². The number of anilines is 2. The van der Waals surface area contributed by atoms with Crippen LogP contribution in [0.2, 0.25) is 0 Å². The molecule has 0 saturated heterocycles. The van der Waals surface area contributed by atoms with E-state index in [4.69, 9.17) is 15.2 Å². The molecule has 0 bridgehead atoms. The summed E-state index contributed by atoms with van der Waals surface area (Å²) in [6.07, 6.45) is 5.57. The molecule has 0 atom stereocenters. The number of hydrogen-bond acceptors (Lipinski definition) is 7. The maximum Gasteiger partial charge on any atom is 0.251 e. The molecule has 0 unspecified atom stereocenters. The lowest BCUT2D eigenvalue weighted by Crippen LogP contribution is -2.28. The second kappa shape index (κ2) is 11.7. The van der Waals surface area contributed by atoms with Gasteiger partial charge in [0, 0.05) is 42.3 Å². The average Bonchev–Trinajstić information content (AvgIpc) is 3.29. The van der Waals surface area contributed by atoms with Crippen molar-refractivity contribution in [3.8, 4) is 17.0 Å². The van der Waals surface area contributed by atoms with Crippen molar-refractivity contribution in [2.45, 2.75) is 26.9 Å². The smallest absolute Gasteiger partial charge is 0.251 e. The van der Waals surface area contributed by atoms with E-state index in [0.29, 0.717) is 43.3 Å². The molecule has 0 aliphatic carbocycles. The number of carbonyl (C=O) groups excluding carboxylic acids is 1. The summed E-state index contributed by atoms with van der Waals surface area (Å²) in [5, 5.41) is 6.20. The largest absolute Gasteiger partial charge is 0.491 e. The van der Waals surface area contributed by atoms with E-state index in [1.54, 1.807) is 12.3 Å². The van der Waals surface area contributed by atoms with Gasteiger partial charge in [-0.25, -0.2) is 9.97 Å². The van der Waals surface area contributed by atoms with Crippen LogP contribution in [-0.2, 0) is 4.74 Å². The minimum atomic E-state index is -0.140. The van der Waals surface area contributed by atoms with Crippen LogP contribution in [0.3, 0.4) is 0 Å². The van der Waals surface area contributed by atoms with Crippen LogP contribution in [-0.4, -0.2) is 52.7 Å². The van der Waals surface area contributed by atoms with Gasteiger partial charge in [-0.05, 0) is 68.8 Å². The van der Waals surface area contributed by atoms with E-state index in [9.17, 15) is 4.79 Å². The molecule has 0 fully saturated rings. The molecule has 36 heavy (non-hydrogen) atoms. The molecular weight excluding hydrogens is 456 g/mol. The number of aryl methyl sites for hydroxylation is 1. The van der Waals surface area contributed by atoms with Crippen molar-refractivity contribution >= 4 is 23.1 Å². The summed E-state index contributed by atoms with van der Waals surface area (Å²) in [5.74, 6) is 1.31. The number of fused-ring (bicyclic) bond motifs is 1. The van der Waals surface area contributed by atoms with E-state index in [1.165, 1.54) is 0 Å². The van der Waals surface area contributed by atoms with Gasteiger partial charge < -0.3 is 25.8 Å². The third kappa shape index (κ3) is 5.99. The molecular formula is C27H32N6O3. The maximum absolute atomic E-state index is 12.5. The molecule has 188 valence electrons. The zero-order valence-corrected chi connectivity index (χ0v) is 20.8. The number of amides is 1. The Kier molecular flexibility index (Phi) is 8.14. The van der Waals surface area contributed by atoms with Crippen molar-refractivity contribution in [2.24, 2.45) is 5.73 Å². The van der Waals surface area contributed by atoms with Crippen LogP contribution in [0, 0.1) is 6.92 Å². The van der Waals surface area contributed by atoms with E-state index in [1.807, 2.05) is 74.0 Å². The van der Waals surface area contributed by atoms with Gasteiger partial charge in [0.25, 0.3) is 5.91 Å². The second-order valence-electron chi connectivity index (χ2n) is 8.62. The molecule has 0 saturated carbocycles. The maximum atomic E-state index is 12.5. The zero-order valence-electron chi connectivity index (χ0n) is 20.8. The number of hydrogen-bond donors (Lipinski definition) is 3. The predicted octanol–water partition coefficient (Wildman–Crippen LogP) is 3.94. The Labute approximate surface area is 210 Å². The van der Waals surface area contributed by atoms with Crippen molar-refractivity contribution < 1.29 is 14.3 Å². The lowest BCUT2D eigenvalue weighted by Gasteiger charge is -2.12. The molecule has 4 rings (SSSR count). The standard InChI is InChI=1S/C27H32N6O3/c1-18(2)36-22-7-4-20(5-8-22)24-17-31-26-25(29-11-13-33(24)26)32-21-6-9-23(19(3)16-21)27(34)30-12-15-35-14-10-28/h4-9,11,13,16-18H,10,12,14-15,28H2,1-3H3,(H,29,32)(H,30,34). The van der Waals surface area contributed by atoms with Crippen molar-refractivity contribution in [1.82, 2.24) is 19.7 Å². The van der Waals surface area contributed by atoms with Gasteiger partial charge in [-0.1, -0.05) is 0 Å². The lowest BCUT2D eigenvalue weighted by molar-refractivity contribution is 0.0919. The number of benzene rings is 2. The number of imidazole rings is 1. The molecule has 4 N–H and O–H groups in total. The van der Waals surface area contributed by atoms with Gasteiger partial charge in [0.15, 0.2) is 11.5 Å². The first-order valence-electron chi connectivity index (χ1n) is 12.0. The molecule has 0 aliphatic rings. The Bertz CT molecular complexity index is 1320. The SMILES string of the molecule is Cc1cc(Nc2nccn3c(-c4ccc(OC(C)C)cc4)cnc23)ccc1C(=O)NCCOCCN. The minimum Gasteiger partial charge on any atom is -0.491 e. The summed E-state index contributed by atoms with van der Waals surface area (Å²) in [6, 6.07) is 13.5. The molecule has 0 spiro atoms. The molecule has 2 aromatic heterocycles. The Morgan fingerprint density at radius 2 is 1.92 bits per heavy atom. The summed E-state index contributed by atoms with van der Waals surface area (Å²) in [5.41, 5.74) is 10.3. The monoisotopic (exact) mass is 488 g/mol. The minimum absolute atomic E-state index is 0.125. The van der Waals surface area contributed by atoms with Crippen molar-refractivity contribution in [3.05, 3.63) is 72.2 Å². The van der Waals surface area contributed by atoms with E-state index >= 15 is 0 Å². The fourth-order valence-electron chi connectivity index (χ4n) is 3.85. The van der Waals surface area contributed by atoms with Gasteiger partial charge in [-0.2, -0.15) is 0 Å². The fraction of sp³-hybridized carbons (Fsp3) is 0.296. The number of aromatic nitrogens is 3. The molecule has 0 radical (unpaired) electrons. The lowest BCUT2D eigenvalue weighted by atomic mass is 10.1. The third-order valence-electron chi connectivity index (χ3n) is 5.48. The fourth-order valence-corrected chi connectivity index (χ4v) is 3.85. The highest BCUT2D eigenvalue weighted by atomic mass is 16.5. The first-order chi connectivity index (χ1) is 17.5. The molecule has 9 heteroatoms. The third-order valence-corrected chi connectivity index (χ3v) is 5.48. The van der Waals surface area contributed by atoms with Gasteiger partial charge >= 0.3 is 0 Å². The average molecular weight is 489 g/mol. The summed E-state index contributed by atoms with van der Waals surface area (Å²) in [4.78, 5) is 21.6. The summed E-state index contributed by atoms with van der Waals surface area (Å²) in [6.45, 7) is 7.72. The van der Waals surface area contributed by atoms with Crippen LogP contribution in [0.4, 0.5) is 11.5 Å². The number of nitrogens with one attached hydrogen (secondary N) is 2. The molecule has 2 heterocycles. The topological polar surface area (TPSA) is 116 Å². The van der Waals surface area contributed by atoms with Crippen LogP contribution in [0.25, 0.3) is 16.9 Å². The highest BCUT2D eigenvalue weighted by molar-refractivity contribution is 5.96. The Hall–Kier alpha value is -3.95. The number of nitrogens with two attached hydrogens (primary N) is 1. The van der Waals surface area contributed by atoms with E-state index in [2.05, 4.69) is 20.6 Å². The van der Waals surface area contributed by atoms with Crippen LogP contribution >= 0.6 is 0 Å².